The topological polar surface area (TPSA) is 55.6 Å². The van der Waals surface area contributed by atoms with Gasteiger partial charge in [-0.1, -0.05) is 15.9 Å². The molecule has 0 spiro atoms. The lowest BCUT2D eigenvalue weighted by molar-refractivity contribution is 0.0269. The summed E-state index contributed by atoms with van der Waals surface area (Å²) >= 11 is 3.36. The molecule has 1 aromatic carbocycles. The van der Waals surface area contributed by atoms with Crippen LogP contribution >= 0.6 is 15.9 Å². The largest absolute Gasteiger partial charge is 0.398 e. The number of ether oxygens (including phenoxy) is 1. The van der Waals surface area contributed by atoms with Gasteiger partial charge in [0.15, 0.2) is 0 Å². The number of nitrogen functional groups attached to an aromatic ring is 1. The lowest BCUT2D eigenvalue weighted by Gasteiger charge is -2.32. The van der Waals surface area contributed by atoms with Crippen molar-refractivity contribution in [3.63, 3.8) is 0 Å². The van der Waals surface area contributed by atoms with Crippen LogP contribution in [0.2, 0.25) is 0 Å². The molecule has 1 unspecified atom stereocenters. The second kappa shape index (κ2) is 5.71. The number of amides is 1. The number of piperidine rings is 1. The first-order valence-corrected chi connectivity index (χ1v) is 6.78. The third-order valence-corrected chi connectivity index (χ3v) is 3.74. The standard InChI is InChI=1S/C13H17BrN2O2/c1-18-10-3-2-6-16(8-10)13(17)11-7-9(14)4-5-12(11)15/h4-5,7,10H,2-3,6,8,15H2,1H3. The van der Waals surface area contributed by atoms with E-state index in [0.29, 0.717) is 17.8 Å². The van der Waals surface area contributed by atoms with E-state index in [1.54, 1.807) is 19.2 Å². The molecule has 98 valence electrons. The van der Waals surface area contributed by atoms with Gasteiger partial charge in [0.25, 0.3) is 5.91 Å². The number of rotatable bonds is 2. The van der Waals surface area contributed by atoms with Gasteiger partial charge in [0.05, 0.1) is 11.7 Å². The fourth-order valence-electron chi connectivity index (χ4n) is 2.20. The summed E-state index contributed by atoms with van der Waals surface area (Å²) in [6.07, 6.45) is 2.11. The Morgan fingerprint density at radius 2 is 2.33 bits per heavy atom. The van der Waals surface area contributed by atoms with Crippen LogP contribution in [0.1, 0.15) is 23.2 Å². The van der Waals surface area contributed by atoms with Crippen molar-refractivity contribution < 1.29 is 9.53 Å². The Kier molecular flexibility index (Phi) is 4.24. The molecule has 2 N–H and O–H groups in total. The second-order valence-electron chi connectivity index (χ2n) is 4.48. The maximum atomic E-state index is 12.4. The number of methoxy groups -OCH3 is 1. The number of carbonyl (C=O) groups excluding carboxylic acids is 1. The van der Waals surface area contributed by atoms with Crippen LogP contribution in [-0.4, -0.2) is 37.1 Å². The molecule has 1 aliphatic rings. The number of benzene rings is 1. The number of nitrogens with zero attached hydrogens (tertiary/aromatic N) is 1. The number of carbonyl (C=O) groups is 1. The monoisotopic (exact) mass is 312 g/mol. The van der Waals surface area contributed by atoms with Crippen LogP contribution < -0.4 is 5.73 Å². The van der Waals surface area contributed by atoms with Crippen LogP contribution in [0.3, 0.4) is 0 Å². The molecule has 1 saturated heterocycles. The Hall–Kier alpha value is -1.07. The molecule has 1 aliphatic heterocycles. The Balaban J connectivity index is 2.17. The van der Waals surface area contributed by atoms with Crippen molar-refractivity contribution in [3.05, 3.63) is 28.2 Å². The molecule has 5 heteroatoms. The van der Waals surface area contributed by atoms with Gasteiger partial charge in [0.1, 0.15) is 0 Å². The van der Waals surface area contributed by atoms with Crippen LogP contribution in [0.4, 0.5) is 5.69 Å². The van der Waals surface area contributed by atoms with E-state index in [0.717, 1.165) is 23.9 Å². The number of halogens is 1. The SMILES string of the molecule is COC1CCCN(C(=O)c2cc(Br)ccc2N)C1. The third kappa shape index (κ3) is 2.84. The molecular formula is C13H17BrN2O2. The molecule has 18 heavy (non-hydrogen) atoms. The minimum absolute atomic E-state index is 0.0180. The molecule has 0 aliphatic carbocycles. The Labute approximate surface area is 115 Å². The number of likely N-dealkylation sites (tertiary alicyclic amines) is 1. The van der Waals surface area contributed by atoms with E-state index in [9.17, 15) is 4.79 Å². The van der Waals surface area contributed by atoms with Crippen LogP contribution in [-0.2, 0) is 4.74 Å². The molecule has 1 aromatic rings. The van der Waals surface area contributed by atoms with E-state index < -0.39 is 0 Å². The first-order valence-electron chi connectivity index (χ1n) is 5.99. The van der Waals surface area contributed by atoms with E-state index in [4.69, 9.17) is 10.5 Å². The first kappa shape index (κ1) is 13.4. The summed E-state index contributed by atoms with van der Waals surface area (Å²) in [4.78, 5) is 14.2. The smallest absolute Gasteiger partial charge is 0.256 e. The van der Waals surface area contributed by atoms with Crippen molar-refractivity contribution in [1.29, 1.82) is 0 Å². The Morgan fingerprint density at radius 1 is 1.56 bits per heavy atom. The molecule has 0 aromatic heterocycles. The molecule has 2 rings (SSSR count). The first-order chi connectivity index (χ1) is 8.61. The van der Waals surface area contributed by atoms with Gasteiger partial charge in [-0.3, -0.25) is 4.79 Å². The summed E-state index contributed by atoms with van der Waals surface area (Å²) in [5.74, 6) is -0.0180. The van der Waals surface area contributed by atoms with Crippen molar-refractivity contribution in [2.24, 2.45) is 0 Å². The van der Waals surface area contributed by atoms with Gasteiger partial charge in [0.2, 0.25) is 0 Å². The van der Waals surface area contributed by atoms with Crippen molar-refractivity contribution in [2.45, 2.75) is 18.9 Å². The molecule has 1 heterocycles. The highest BCUT2D eigenvalue weighted by Crippen LogP contribution is 2.22. The zero-order valence-electron chi connectivity index (χ0n) is 10.4. The highest BCUT2D eigenvalue weighted by molar-refractivity contribution is 9.10. The minimum Gasteiger partial charge on any atom is -0.398 e. The summed E-state index contributed by atoms with van der Waals surface area (Å²) < 4.78 is 6.19. The van der Waals surface area contributed by atoms with Crippen LogP contribution in [0.5, 0.6) is 0 Å². The second-order valence-corrected chi connectivity index (χ2v) is 5.40. The lowest BCUT2D eigenvalue weighted by atomic mass is 10.1. The Bertz CT molecular complexity index is 451. The van der Waals surface area contributed by atoms with E-state index in [-0.39, 0.29) is 12.0 Å². The maximum absolute atomic E-state index is 12.4. The van der Waals surface area contributed by atoms with Crippen LogP contribution in [0.15, 0.2) is 22.7 Å². The highest BCUT2D eigenvalue weighted by atomic mass is 79.9. The number of hydrogen-bond acceptors (Lipinski definition) is 3. The summed E-state index contributed by atoms with van der Waals surface area (Å²) in [5.41, 5.74) is 6.94. The molecule has 4 nitrogen and oxygen atoms in total. The highest BCUT2D eigenvalue weighted by Gasteiger charge is 2.25. The van der Waals surface area contributed by atoms with Crippen molar-refractivity contribution in [1.82, 2.24) is 4.90 Å². The molecule has 1 atom stereocenters. The van der Waals surface area contributed by atoms with E-state index in [2.05, 4.69) is 15.9 Å². The van der Waals surface area contributed by atoms with Gasteiger partial charge in [-0.05, 0) is 31.0 Å². The minimum atomic E-state index is -0.0180. The number of hydrogen-bond donors (Lipinski definition) is 1. The van der Waals surface area contributed by atoms with Gasteiger partial charge in [-0.2, -0.15) is 0 Å². The average molecular weight is 313 g/mol. The van der Waals surface area contributed by atoms with Crippen molar-refractivity contribution in [3.8, 4) is 0 Å². The molecule has 0 bridgehead atoms. The quantitative estimate of drug-likeness (QED) is 0.852. The summed E-state index contributed by atoms with van der Waals surface area (Å²) in [7, 11) is 1.69. The predicted molar refractivity (Wildman–Crippen MR) is 74.5 cm³/mol. The molecule has 1 fully saturated rings. The Morgan fingerprint density at radius 3 is 3.06 bits per heavy atom. The zero-order chi connectivity index (χ0) is 13.1. The molecule has 1 amide bonds. The fourth-order valence-corrected chi connectivity index (χ4v) is 2.56. The van der Waals surface area contributed by atoms with Gasteiger partial charge < -0.3 is 15.4 Å². The van der Waals surface area contributed by atoms with Gasteiger partial charge >= 0.3 is 0 Å². The van der Waals surface area contributed by atoms with E-state index in [1.807, 2.05) is 11.0 Å². The summed E-state index contributed by atoms with van der Waals surface area (Å²) in [6, 6.07) is 5.35. The van der Waals surface area contributed by atoms with E-state index in [1.165, 1.54) is 0 Å². The fraction of sp³-hybridized carbons (Fsp3) is 0.462. The number of nitrogens with two attached hydrogens (primary N) is 1. The maximum Gasteiger partial charge on any atom is 0.256 e. The van der Waals surface area contributed by atoms with Crippen LogP contribution in [0.25, 0.3) is 0 Å². The summed E-state index contributed by atoms with van der Waals surface area (Å²) in [5, 5.41) is 0. The molecular weight excluding hydrogens is 296 g/mol. The van der Waals surface area contributed by atoms with Gasteiger partial charge in [0, 0.05) is 30.4 Å². The van der Waals surface area contributed by atoms with Gasteiger partial charge in [-0.25, -0.2) is 0 Å². The van der Waals surface area contributed by atoms with E-state index >= 15 is 0 Å². The lowest BCUT2D eigenvalue weighted by Crippen LogP contribution is -2.43. The normalized spacial score (nSPS) is 19.9. The van der Waals surface area contributed by atoms with Crippen LogP contribution in [0, 0.1) is 0 Å². The average Bonchev–Trinajstić information content (AvgIpc) is 2.41. The van der Waals surface area contributed by atoms with Gasteiger partial charge in [-0.15, -0.1) is 0 Å². The van der Waals surface area contributed by atoms with Crippen molar-refractivity contribution >= 4 is 27.5 Å². The van der Waals surface area contributed by atoms with Crippen molar-refractivity contribution in [2.75, 3.05) is 25.9 Å². The zero-order valence-corrected chi connectivity index (χ0v) is 11.9. The predicted octanol–water partition coefficient (Wildman–Crippen LogP) is 2.28. The third-order valence-electron chi connectivity index (χ3n) is 3.24. The number of anilines is 1. The molecule has 0 saturated carbocycles. The molecule has 0 radical (unpaired) electrons. The summed E-state index contributed by atoms with van der Waals surface area (Å²) in [6.45, 7) is 1.41.